The molecule has 0 aromatic carbocycles. The molecule has 0 aliphatic carbocycles. The predicted molar refractivity (Wildman–Crippen MR) is 95.1 cm³/mol. The minimum Gasteiger partial charge on any atom is -0.459 e. The molecule has 0 atom stereocenters. The Morgan fingerprint density at radius 2 is 1.93 bits per heavy atom. The first-order valence-corrected chi connectivity index (χ1v) is 9.94. The number of nitrogens with one attached hydrogen (secondary N) is 3. The van der Waals surface area contributed by atoms with E-state index in [-0.39, 0.29) is 43.6 Å². The van der Waals surface area contributed by atoms with Crippen LogP contribution in [0, 0.1) is 0 Å². The third-order valence-corrected chi connectivity index (χ3v) is 5.73. The number of amides is 1. The molecule has 0 unspecified atom stereocenters. The lowest BCUT2D eigenvalue weighted by atomic mass is 10.1. The SMILES string of the molecule is CN=C(NCCNC(=O)c1ccco1)NC1CCN(S(=O)(=O)C(F)(F)F)CC1. The van der Waals surface area contributed by atoms with Crippen LogP contribution in [0.1, 0.15) is 23.4 Å². The molecule has 0 radical (unpaired) electrons. The zero-order valence-corrected chi connectivity index (χ0v) is 15.9. The molecule has 1 saturated heterocycles. The van der Waals surface area contributed by atoms with E-state index in [9.17, 15) is 26.4 Å². The number of halogens is 3. The molecule has 13 heteroatoms. The van der Waals surface area contributed by atoms with Gasteiger partial charge in [-0.3, -0.25) is 9.79 Å². The largest absolute Gasteiger partial charge is 0.511 e. The number of carbonyl (C=O) groups excluding carboxylic acids is 1. The van der Waals surface area contributed by atoms with Gasteiger partial charge >= 0.3 is 15.5 Å². The molecule has 1 fully saturated rings. The molecule has 1 aromatic rings. The van der Waals surface area contributed by atoms with Crippen LogP contribution >= 0.6 is 0 Å². The van der Waals surface area contributed by atoms with Crippen LogP contribution in [0.2, 0.25) is 0 Å². The molecule has 0 saturated carbocycles. The molecule has 158 valence electrons. The maximum absolute atomic E-state index is 12.6. The van der Waals surface area contributed by atoms with Crippen LogP contribution in [-0.4, -0.2) is 69.4 Å². The van der Waals surface area contributed by atoms with Gasteiger partial charge in [0.05, 0.1) is 6.26 Å². The number of nitrogens with zero attached hydrogens (tertiary/aromatic N) is 2. The summed E-state index contributed by atoms with van der Waals surface area (Å²) < 4.78 is 66.0. The molecule has 28 heavy (non-hydrogen) atoms. The lowest BCUT2D eigenvalue weighted by molar-refractivity contribution is -0.0494. The Hall–Kier alpha value is -2.28. The van der Waals surface area contributed by atoms with Crippen LogP contribution in [0.15, 0.2) is 27.8 Å². The summed E-state index contributed by atoms with van der Waals surface area (Å²) in [7, 11) is -3.76. The molecule has 2 rings (SSSR count). The van der Waals surface area contributed by atoms with Gasteiger partial charge in [0.2, 0.25) is 0 Å². The van der Waals surface area contributed by atoms with E-state index in [1.807, 2.05) is 0 Å². The average Bonchev–Trinajstić information content (AvgIpc) is 3.18. The van der Waals surface area contributed by atoms with E-state index in [0.717, 1.165) is 0 Å². The predicted octanol–water partition coefficient (Wildman–Crippen LogP) is 0.488. The molecule has 1 aliphatic rings. The van der Waals surface area contributed by atoms with Crippen molar-refractivity contribution in [3.63, 3.8) is 0 Å². The van der Waals surface area contributed by atoms with Crippen molar-refractivity contribution < 1.29 is 30.8 Å². The summed E-state index contributed by atoms with van der Waals surface area (Å²) >= 11 is 0. The Bertz CT molecular complexity index is 772. The lowest BCUT2D eigenvalue weighted by Crippen LogP contribution is -2.52. The highest BCUT2D eigenvalue weighted by Crippen LogP contribution is 2.28. The summed E-state index contributed by atoms with van der Waals surface area (Å²) in [5, 5.41) is 8.65. The number of sulfonamides is 1. The number of piperidine rings is 1. The van der Waals surface area contributed by atoms with Gasteiger partial charge in [-0.25, -0.2) is 8.42 Å². The second-order valence-corrected chi connectivity index (χ2v) is 7.93. The van der Waals surface area contributed by atoms with E-state index >= 15 is 0 Å². The number of rotatable bonds is 6. The second kappa shape index (κ2) is 9.28. The van der Waals surface area contributed by atoms with E-state index in [4.69, 9.17) is 4.42 Å². The Morgan fingerprint density at radius 3 is 2.46 bits per heavy atom. The number of hydrogen-bond donors (Lipinski definition) is 3. The van der Waals surface area contributed by atoms with Crippen molar-refractivity contribution in [3.8, 4) is 0 Å². The van der Waals surface area contributed by atoms with E-state index in [2.05, 4.69) is 20.9 Å². The van der Waals surface area contributed by atoms with Crippen molar-refractivity contribution in [2.75, 3.05) is 33.2 Å². The monoisotopic (exact) mass is 425 g/mol. The van der Waals surface area contributed by atoms with E-state index in [1.165, 1.54) is 19.4 Å². The summed E-state index contributed by atoms with van der Waals surface area (Å²) in [4.78, 5) is 15.7. The van der Waals surface area contributed by atoms with Gasteiger partial charge in [-0.15, -0.1) is 0 Å². The van der Waals surface area contributed by atoms with Gasteiger partial charge in [-0.1, -0.05) is 0 Å². The second-order valence-electron chi connectivity index (χ2n) is 6.00. The van der Waals surface area contributed by atoms with Crippen LogP contribution in [0.4, 0.5) is 13.2 Å². The minimum absolute atomic E-state index is 0.197. The fraction of sp³-hybridized carbons (Fsp3) is 0.600. The molecule has 2 heterocycles. The molecule has 1 aliphatic heterocycles. The highest BCUT2D eigenvalue weighted by Gasteiger charge is 2.50. The van der Waals surface area contributed by atoms with Gasteiger partial charge in [0.1, 0.15) is 0 Å². The molecular weight excluding hydrogens is 403 g/mol. The molecular formula is C15H22F3N5O4S. The number of hydrogen-bond acceptors (Lipinski definition) is 5. The van der Waals surface area contributed by atoms with Crippen molar-refractivity contribution in [2.24, 2.45) is 4.99 Å². The first-order chi connectivity index (χ1) is 13.1. The maximum Gasteiger partial charge on any atom is 0.511 e. The number of furan rings is 1. The Balaban J connectivity index is 1.72. The first-order valence-electron chi connectivity index (χ1n) is 8.50. The van der Waals surface area contributed by atoms with Crippen LogP contribution in [0.5, 0.6) is 0 Å². The molecule has 9 nitrogen and oxygen atoms in total. The third-order valence-electron chi connectivity index (χ3n) is 4.10. The van der Waals surface area contributed by atoms with Crippen LogP contribution in [-0.2, 0) is 10.0 Å². The Kier molecular flexibility index (Phi) is 7.29. The van der Waals surface area contributed by atoms with Gasteiger partial charge in [0, 0.05) is 39.3 Å². The fourth-order valence-corrected chi connectivity index (χ4v) is 3.61. The Labute approximate surface area is 160 Å². The number of alkyl halides is 3. The molecule has 0 spiro atoms. The van der Waals surface area contributed by atoms with Crippen molar-refractivity contribution >= 4 is 21.9 Å². The topological polar surface area (TPSA) is 116 Å². The number of aliphatic imine (C=N–C) groups is 1. The molecule has 3 N–H and O–H groups in total. The summed E-state index contributed by atoms with van der Waals surface area (Å²) in [5.41, 5.74) is -5.29. The van der Waals surface area contributed by atoms with Crippen LogP contribution in [0.3, 0.4) is 0 Å². The lowest BCUT2D eigenvalue weighted by Gasteiger charge is -2.32. The zero-order chi connectivity index (χ0) is 20.8. The minimum atomic E-state index is -5.29. The highest BCUT2D eigenvalue weighted by molar-refractivity contribution is 7.90. The summed E-state index contributed by atoms with van der Waals surface area (Å²) in [6, 6.07) is 2.92. The summed E-state index contributed by atoms with van der Waals surface area (Å²) in [6.45, 7) is 0.196. The highest BCUT2D eigenvalue weighted by atomic mass is 32.2. The van der Waals surface area contributed by atoms with E-state index in [0.29, 0.717) is 23.4 Å². The first kappa shape index (κ1) is 22.0. The van der Waals surface area contributed by atoms with Gasteiger partial charge < -0.3 is 20.4 Å². The van der Waals surface area contributed by atoms with Crippen molar-refractivity contribution in [3.05, 3.63) is 24.2 Å². The number of carbonyl (C=O) groups is 1. The molecule has 0 bridgehead atoms. The normalized spacial score (nSPS) is 17.4. The maximum atomic E-state index is 12.6. The van der Waals surface area contributed by atoms with Crippen molar-refractivity contribution in [1.29, 1.82) is 0 Å². The van der Waals surface area contributed by atoms with Gasteiger partial charge in [-0.05, 0) is 25.0 Å². The molecule has 1 aromatic heterocycles. The summed E-state index contributed by atoms with van der Waals surface area (Å²) in [6.07, 6.45) is 1.82. The van der Waals surface area contributed by atoms with Gasteiger partial charge in [0.25, 0.3) is 5.91 Å². The van der Waals surface area contributed by atoms with Crippen molar-refractivity contribution in [2.45, 2.75) is 24.4 Å². The zero-order valence-electron chi connectivity index (χ0n) is 15.1. The van der Waals surface area contributed by atoms with Crippen LogP contribution < -0.4 is 16.0 Å². The van der Waals surface area contributed by atoms with Gasteiger partial charge in [0.15, 0.2) is 11.7 Å². The standard InChI is InChI=1S/C15H22F3N5O4S/c1-19-14(21-7-6-20-13(24)12-3-2-10-27-12)22-11-4-8-23(9-5-11)28(25,26)15(16,17)18/h2-3,10-11H,4-9H2,1H3,(H,20,24)(H2,19,21,22). The van der Waals surface area contributed by atoms with E-state index in [1.54, 1.807) is 6.07 Å². The average molecular weight is 425 g/mol. The summed E-state index contributed by atoms with van der Waals surface area (Å²) in [5.74, 6) is 0.250. The van der Waals surface area contributed by atoms with Crippen LogP contribution in [0.25, 0.3) is 0 Å². The third kappa shape index (κ3) is 5.61. The number of guanidine groups is 1. The smallest absolute Gasteiger partial charge is 0.459 e. The fourth-order valence-electron chi connectivity index (χ4n) is 2.63. The Morgan fingerprint density at radius 1 is 1.29 bits per heavy atom. The molecule has 1 amide bonds. The van der Waals surface area contributed by atoms with E-state index < -0.39 is 15.5 Å². The van der Waals surface area contributed by atoms with Crippen molar-refractivity contribution in [1.82, 2.24) is 20.3 Å². The quantitative estimate of drug-likeness (QED) is 0.347. The van der Waals surface area contributed by atoms with Gasteiger partial charge in [-0.2, -0.15) is 17.5 Å².